The van der Waals surface area contributed by atoms with Crippen LogP contribution in [0, 0.1) is 5.92 Å². The summed E-state index contributed by atoms with van der Waals surface area (Å²) in [5.74, 6) is 1.62. The molecule has 0 bridgehead atoms. The summed E-state index contributed by atoms with van der Waals surface area (Å²) in [7, 11) is 1.60. The van der Waals surface area contributed by atoms with Gasteiger partial charge in [0.05, 0.1) is 12.7 Å². The number of piperazine rings is 1. The average Bonchev–Trinajstić information content (AvgIpc) is 3.11. The van der Waals surface area contributed by atoms with Crippen molar-refractivity contribution in [1.82, 2.24) is 20.4 Å². The van der Waals surface area contributed by atoms with Gasteiger partial charge in [0.2, 0.25) is 11.8 Å². The van der Waals surface area contributed by atoms with E-state index in [2.05, 4.69) is 22.5 Å². The summed E-state index contributed by atoms with van der Waals surface area (Å²) in [5.41, 5.74) is -0.267. The van der Waals surface area contributed by atoms with Crippen LogP contribution in [0.4, 0.5) is 0 Å². The highest BCUT2D eigenvalue weighted by molar-refractivity contribution is 6.00. The summed E-state index contributed by atoms with van der Waals surface area (Å²) in [6.07, 6.45) is 9.11. The first-order valence-corrected chi connectivity index (χ1v) is 17.6. The molecule has 1 spiro atoms. The number of nitrogens with zero attached hydrogens (tertiary/aromatic N) is 2. The monoisotopic (exact) mass is 648 g/mol. The number of carbonyl (C=O) groups excluding carboxylic acids is 3. The molecule has 0 radical (unpaired) electrons. The normalized spacial score (nSPS) is 20.9. The number of likely N-dealkylation sites (tertiary alicyclic amines) is 1. The first kappa shape index (κ1) is 34.7. The highest BCUT2D eigenvalue weighted by Gasteiger charge is 2.55. The fourth-order valence-electron chi connectivity index (χ4n) is 7.32. The molecule has 2 saturated heterocycles. The molecule has 3 fully saturated rings. The molecule has 10 nitrogen and oxygen atoms in total. The molecule has 0 unspecified atom stereocenters. The van der Waals surface area contributed by atoms with Gasteiger partial charge in [0.1, 0.15) is 17.3 Å². The third-order valence-corrected chi connectivity index (χ3v) is 10.2. The van der Waals surface area contributed by atoms with Crippen LogP contribution in [0.15, 0.2) is 48.5 Å². The molecule has 47 heavy (non-hydrogen) atoms. The molecule has 10 heteroatoms. The van der Waals surface area contributed by atoms with Crippen molar-refractivity contribution in [1.29, 1.82) is 0 Å². The summed E-state index contributed by atoms with van der Waals surface area (Å²) >= 11 is 0. The molecule has 5 rings (SSSR count). The highest BCUT2D eigenvalue weighted by atomic mass is 16.5. The number of hydrogen-bond donors (Lipinski definition) is 3. The van der Waals surface area contributed by atoms with Crippen LogP contribution in [0.1, 0.15) is 87.9 Å². The minimum atomic E-state index is -0.837. The average molecular weight is 649 g/mol. The molecule has 1 aliphatic carbocycles. The third kappa shape index (κ3) is 8.27. The summed E-state index contributed by atoms with van der Waals surface area (Å²) in [6, 6.07) is 13.7. The van der Waals surface area contributed by atoms with E-state index in [-0.39, 0.29) is 23.6 Å². The van der Waals surface area contributed by atoms with Gasteiger partial charge in [0.25, 0.3) is 5.91 Å². The Morgan fingerprint density at radius 1 is 0.979 bits per heavy atom. The second-order valence-electron chi connectivity index (χ2n) is 13.3. The lowest BCUT2D eigenvalue weighted by atomic mass is 9.78. The van der Waals surface area contributed by atoms with E-state index >= 15 is 0 Å². The van der Waals surface area contributed by atoms with Gasteiger partial charge in [-0.05, 0) is 93.8 Å². The van der Waals surface area contributed by atoms with Crippen molar-refractivity contribution in [2.24, 2.45) is 5.92 Å². The molecule has 2 atom stereocenters. The predicted molar refractivity (Wildman–Crippen MR) is 181 cm³/mol. The summed E-state index contributed by atoms with van der Waals surface area (Å²) in [5, 5.41) is 16.8. The van der Waals surface area contributed by atoms with E-state index in [0.29, 0.717) is 48.8 Å². The van der Waals surface area contributed by atoms with Crippen LogP contribution >= 0.6 is 0 Å². The molecule has 3 aliphatic rings. The number of ether oxygens (including phenoxy) is 2. The Labute approximate surface area is 279 Å². The molecule has 2 heterocycles. The van der Waals surface area contributed by atoms with E-state index in [1.54, 1.807) is 31.3 Å². The van der Waals surface area contributed by atoms with Crippen molar-refractivity contribution < 1.29 is 29.0 Å². The number of unbranched alkanes of at least 4 members (excludes halogenated alkanes) is 2. The molecule has 3 N–H and O–H groups in total. The van der Waals surface area contributed by atoms with E-state index in [1.165, 1.54) is 6.42 Å². The van der Waals surface area contributed by atoms with Crippen LogP contribution in [0.5, 0.6) is 17.2 Å². The van der Waals surface area contributed by atoms with Crippen LogP contribution in [0.3, 0.4) is 0 Å². The number of benzene rings is 2. The van der Waals surface area contributed by atoms with Crippen LogP contribution in [-0.2, 0) is 9.59 Å². The van der Waals surface area contributed by atoms with Gasteiger partial charge in [-0.2, -0.15) is 0 Å². The Hall–Kier alpha value is -3.63. The first-order chi connectivity index (χ1) is 22.9. The Morgan fingerprint density at radius 2 is 1.68 bits per heavy atom. The van der Waals surface area contributed by atoms with Gasteiger partial charge in [-0.15, -0.1) is 0 Å². The van der Waals surface area contributed by atoms with Crippen LogP contribution in [0.25, 0.3) is 0 Å². The second kappa shape index (κ2) is 16.5. The summed E-state index contributed by atoms with van der Waals surface area (Å²) in [4.78, 5) is 43.6. The van der Waals surface area contributed by atoms with Crippen molar-refractivity contribution in [3.8, 4) is 17.2 Å². The van der Waals surface area contributed by atoms with Crippen molar-refractivity contribution >= 4 is 17.7 Å². The largest absolute Gasteiger partial charge is 0.490 e. The first-order valence-electron chi connectivity index (χ1n) is 17.6. The van der Waals surface area contributed by atoms with Crippen molar-refractivity contribution in [3.05, 3.63) is 54.1 Å². The molecule has 0 aromatic heterocycles. The fourth-order valence-corrected chi connectivity index (χ4v) is 7.32. The number of piperidine rings is 1. The standard InChI is InChI=1S/C37H52N4O6/c1-3-4-23-41-35(44)32(33(42)27-12-6-5-7-13-27)39-36(45)37(41)20-24-40(25-21-37)22-10-11-26-46-30-14-8-9-15-31(30)47-29-18-16-28(17-19-29)34(43)38-2/h8-9,14-19,27,32-33,42H,3-7,10-13,20-26H2,1-2H3,(H,38,43)(H,39,45)/t32-,33-/m1/s1. The SMILES string of the molecule is CCCCN1C(=O)[C@@H]([C@H](O)C2CCCCC2)NC(=O)C12CCN(CCCCOc1ccccc1Oc1ccc(C(=O)NC)cc1)CC2. The summed E-state index contributed by atoms with van der Waals surface area (Å²) < 4.78 is 12.1. The van der Waals surface area contributed by atoms with E-state index < -0.39 is 17.7 Å². The Morgan fingerprint density at radius 3 is 2.36 bits per heavy atom. The van der Waals surface area contributed by atoms with Gasteiger partial charge in [-0.1, -0.05) is 44.7 Å². The zero-order chi connectivity index (χ0) is 33.2. The molecule has 3 amide bonds. The zero-order valence-electron chi connectivity index (χ0n) is 28.0. The van der Waals surface area contributed by atoms with Gasteiger partial charge in [-0.3, -0.25) is 14.4 Å². The maximum Gasteiger partial charge on any atom is 0.251 e. The number of nitrogens with one attached hydrogen (secondary N) is 2. The second-order valence-corrected chi connectivity index (χ2v) is 13.3. The molecule has 256 valence electrons. The highest BCUT2D eigenvalue weighted by Crippen LogP contribution is 2.36. The molecule has 2 aliphatic heterocycles. The topological polar surface area (TPSA) is 120 Å². The van der Waals surface area contributed by atoms with E-state index in [1.807, 2.05) is 29.2 Å². The number of para-hydroxylation sites is 2. The van der Waals surface area contributed by atoms with Crippen molar-refractivity contribution in [2.75, 3.05) is 39.8 Å². The van der Waals surface area contributed by atoms with Crippen molar-refractivity contribution in [3.63, 3.8) is 0 Å². The van der Waals surface area contributed by atoms with E-state index in [4.69, 9.17) is 9.47 Å². The maximum atomic E-state index is 13.9. The number of amides is 3. The minimum absolute atomic E-state index is 0.0700. The Bertz CT molecular complexity index is 1340. The van der Waals surface area contributed by atoms with Gasteiger partial charge >= 0.3 is 0 Å². The van der Waals surface area contributed by atoms with Crippen LogP contribution < -0.4 is 20.1 Å². The van der Waals surface area contributed by atoms with Crippen LogP contribution in [0.2, 0.25) is 0 Å². The number of carbonyl (C=O) groups is 3. The third-order valence-electron chi connectivity index (χ3n) is 10.2. The lowest BCUT2D eigenvalue weighted by molar-refractivity contribution is -0.165. The van der Waals surface area contributed by atoms with Gasteiger partial charge in [0, 0.05) is 32.2 Å². The number of aliphatic hydroxyl groups is 1. The number of rotatable bonds is 14. The molecule has 1 saturated carbocycles. The molecular weight excluding hydrogens is 596 g/mol. The maximum absolute atomic E-state index is 13.9. The van der Waals surface area contributed by atoms with Gasteiger partial charge in [0.15, 0.2) is 11.5 Å². The van der Waals surface area contributed by atoms with E-state index in [0.717, 1.165) is 71.0 Å². The minimum Gasteiger partial charge on any atom is -0.490 e. The van der Waals surface area contributed by atoms with Gasteiger partial charge in [-0.25, -0.2) is 0 Å². The number of hydrogen-bond acceptors (Lipinski definition) is 7. The molecule has 2 aromatic carbocycles. The Kier molecular flexibility index (Phi) is 12.2. The summed E-state index contributed by atoms with van der Waals surface area (Å²) in [6.45, 7) is 5.58. The molecule has 2 aromatic rings. The predicted octanol–water partition coefficient (Wildman–Crippen LogP) is 4.90. The lowest BCUT2D eigenvalue weighted by Crippen LogP contribution is -2.75. The fraction of sp³-hybridized carbons (Fsp3) is 0.595. The zero-order valence-corrected chi connectivity index (χ0v) is 28.0. The quantitative estimate of drug-likeness (QED) is 0.249. The van der Waals surface area contributed by atoms with Crippen molar-refractivity contribution in [2.45, 2.75) is 95.2 Å². The number of aliphatic hydroxyl groups excluding tert-OH is 1. The Balaban J connectivity index is 1.09. The smallest absolute Gasteiger partial charge is 0.251 e. The van der Waals surface area contributed by atoms with E-state index in [9.17, 15) is 19.5 Å². The van der Waals surface area contributed by atoms with Crippen LogP contribution in [-0.4, -0.2) is 90.1 Å². The molecular formula is C37H52N4O6. The lowest BCUT2D eigenvalue weighted by Gasteiger charge is -2.52. The van der Waals surface area contributed by atoms with Gasteiger partial charge < -0.3 is 35.0 Å².